The first kappa shape index (κ1) is 23.4. The number of sulfonamides is 1. The zero-order chi connectivity index (χ0) is 20.0. The van der Waals surface area contributed by atoms with E-state index in [4.69, 9.17) is 10.5 Å². The molecule has 1 heterocycles. The lowest BCUT2D eigenvalue weighted by Crippen LogP contribution is -2.35. The van der Waals surface area contributed by atoms with E-state index in [9.17, 15) is 8.42 Å². The Balaban J connectivity index is 0.00000300. The Morgan fingerprint density at radius 1 is 1.14 bits per heavy atom. The van der Waals surface area contributed by atoms with Crippen molar-refractivity contribution in [3.05, 3.63) is 54.1 Å². The van der Waals surface area contributed by atoms with Gasteiger partial charge in [-0.3, -0.25) is 0 Å². The molecule has 1 fully saturated rings. The molecule has 158 valence electrons. The molecule has 1 aliphatic heterocycles. The van der Waals surface area contributed by atoms with Gasteiger partial charge in [-0.25, -0.2) is 13.4 Å². The molecule has 29 heavy (non-hydrogen) atoms. The van der Waals surface area contributed by atoms with Gasteiger partial charge in [0.1, 0.15) is 5.75 Å². The number of hydrogen-bond donors (Lipinski definition) is 2. The minimum atomic E-state index is -3.41. The van der Waals surface area contributed by atoms with E-state index >= 15 is 0 Å². The number of nitrogens with one attached hydrogen (secondary N) is 1. The third kappa shape index (κ3) is 6.31. The van der Waals surface area contributed by atoms with Gasteiger partial charge in [0.15, 0.2) is 5.96 Å². The summed E-state index contributed by atoms with van der Waals surface area (Å²) < 4.78 is 32.1. The van der Waals surface area contributed by atoms with E-state index < -0.39 is 10.0 Å². The van der Waals surface area contributed by atoms with Crippen molar-refractivity contribution in [2.24, 2.45) is 10.7 Å². The number of hydrogen-bond acceptors (Lipinski definition) is 4. The molecule has 2 aromatic rings. The average Bonchev–Trinajstić information content (AvgIpc) is 2.73. The number of anilines is 1. The zero-order valence-electron chi connectivity index (χ0n) is 16.4. The minimum absolute atomic E-state index is 0. The van der Waals surface area contributed by atoms with Gasteiger partial charge in [-0.05, 0) is 42.7 Å². The summed E-state index contributed by atoms with van der Waals surface area (Å²) in [5.41, 5.74) is 7.60. The number of methoxy groups -OCH3 is 1. The van der Waals surface area contributed by atoms with Crippen molar-refractivity contribution in [3.63, 3.8) is 0 Å². The van der Waals surface area contributed by atoms with Gasteiger partial charge in [-0.15, -0.1) is 24.0 Å². The quantitative estimate of drug-likeness (QED) is 0.339. The Morgan fingerprint density at radius 2 is 1.83 bits per heavy atom. The van der Waals surface area contributed by atoms with Crippen LogP contribution in [0.3, 0.4) is 0 Å². The second-order valence-corrected chi connectivity index (χ2v) is 8.61. The standard InChI is InChI=1S/C20H26N4O3S.HI/c1-27-18-7-5-6-17(14-18)23-20(21)22-15-16-8-10-19(11-9-16)28(25,26)24-12-3-2-4-13-24;/h5-11,14H,2-4,12-13,15H2,1H3,(H3,21,22,23);1H. The average molecular weight is 530 g/mol. The number of nitrogens with zero attached hydrogens (tertiary/aromatic N) is 2. The number of piperidine rings is 1. The van der Waals surface area contributed by atoms with Gasteiger partial charge in [0, 0.05) is 24.8 Å². The molecule has 0 amide bonds. The van der Waals surface area contributed by atoms with Crippen LogP contribution in [0.4, 0.5) is 5.69 Å². The first-order valence-electron chi connectivity index (χ1n) is 9.29. The maximum atomic E-state index is 12.7. The van der Waals surface area contributed by atoms with Crippen LogP contribution in [-0.4, -0.2) is 38.9 Å². The van der Waals surface area contributed by atoms with Gasteiger partial charge in [-0.1, -0.05) is 24.6 Å². The summed E-state index contributed by atoms with van der Waals surface area (Å²) in [6.07, 6.45) is 2.94. The summed E-state index contributed by atoms with van der Waals surface area (Å²) >= 11 is 0. The van der Waals surface area contributed by atoms with E-state index in [1.54, 1.807) is 35.7 Å². The molecule has 9 heteroatoms. The lowest BCUT2D eigenvalue weighted by Gasteiger charge is -2.25. The fourth-order valence-electron chi connectivity index (χ4n) is 3.09. The molecule has 0 bridgehead atoms. The first-order chi connectivity index (χ1) is 13.5. The largest absolute Gasteiger partial charge is 0.497 e. The van der Waals surface area contributed by atoms with Crippen LogP contribution in [0.15, 0.2) is 58.4 Å². The molecule has 7 nitrogen and oxygen atoms in total. The number of aliphatic imine (C=N–C) groups is 1. The van der Waals surface area contributed by atoms with Crippen molar-refractivity contribution in [3.8, 4) is 5.75 Å². The molecule has 0 aliphatic carbocycles. The van der Waals surface area contributed by atoms with Crippen molar-refractivity contribution in [1.82, 2.24) is 4.31 Å². The Kier molecular flexibility index (Phi) is 8.72. The van der Waals surface area contributed by atoms with Gasteiger partial charge in [0.2, 0.25) is 10.0 Å². The summed E-state index contributed by atoms with van der Waals surface area (Å²) in [4.78, 5) is 4.63. The summed E-state index contributed by atoms with van der Waals surface area (Å²) in [5.74, 6) is 1.00. The third-order valence-electron chi connectivity index (χ3n) is 4.65. The lowest BCUT2D eigenvalue weighted by atomic mass is 10.2. The van der Waals surface area contributed by atoms with E-state index in [0.717, 1.165) is 36.3 Å². The number of nitrogens with two attached hydrogens (primary N) is 1. The van der Waals surface area contributed by atoms with Gasteiger partial charge in [0.25, 0.3) is 0 Å². The Bertz CT molecular complexity index is 927. The highest BCUT2D eigenvalue weighted by atomic mass is 127. The summed E-state index contributed by atoms with van der Waals surface area (Å²) in [7, 11) is -1.81. The van der Waals surface area contributed by atoms with Crippen LogP contribution in [-0.2, 0) is 16.6 Å². The summed E-state index contributed by atoms with van der Waals surface area (Å²) in [6.45, 7) is 1.55. The summed E-state index contributed by atoms with van der Waals surface area (Å²) in [6, 6.07) is 14.2. The number of halogens is 1. The van der Waals surface area contributed by atoms with Gasteiger partial charge in [0.05, 0.1) is 18.6 Å². The maximum Gasteiger partial charge on any atom is 0.243 e. The van der Waals surface area contributed by atoms with E-state index in [0.29, 0.717) is 24.5 Å². The van der Waals surface area contributed by atoms with Gasteiger partial charge < -0.3 is 15.8 Å². The van der Waals surface area contributed by atoms with Crippen LogP contribution in [0.1, 0.15) is 24.8 Å². The maximum absolute atomic E-state index is 12.7. The molecule has 2 aromatic carbocycles. The normalized spacial score (nSPS) is 15.4. The van der Waals surface area contributed by atoms with E-state index in [1.165, 1.54) is 0 Å². The number of benzene rings is 2. The van der Waals surface area contributed by atoms with Crippen molar-refractivity contribution >= 4 is 45.6 Å². The highest BCUT2D eigenvalue weighted by Crippen LogP contribution is 2.21. The van der Waals surface area contributed by atoms with Crippen LogP contribution < -0.4 is 15.8 Å². The molecule has 0 spiro atoms. The van der Waals surface area contributed by atoms with Crippen LogP contribution in [0, 0.1) is 0 Å². The van der Waals surface area contributed by atoms with E-state index in [-0.39, 0.29) is 29.9 Å². The smallest absolute Gasteiger partial charge is 0.243 e. The predicted molar refractivity (Wildman–Crippen MR) is 126 cm³/mol. The van der Waals surface area contributed by atoms with Crippen LogP contribution in [0.2, 0.25) is 0 Å². The van der Waals surface area contributed by atoms with Crippen molar-refractivity contribution in [2.45, 2.75) is 30.7 Å². The van der Waals surface area contributed by atoms with Gasteiger partial charge in [-0.2, -0.15) is 4.31 Å². The Labute approximate surface area is 189 Å². The Hall–Kier alpha value is -1.85. The predicted octanol–water partition coefficient (Wildman–Crippen LogP) is 3.41. The van der Waals surface area contributed by atoms with Crippen LogP contribution in [0.25, 0.3) is 0 Å². The zero-order valence-corrected chi connectivity index (χ0v) is 19.5. The molecule has 0 unspecified atom stereocenters. The molecule has 3 N–H and O–H groups in total. The molecule has 0 saturated carbocycles. The molecule has 0 aromatic heterocycles. The highest BCUT2D eigenvalue weighted by molar-refractivity contribution is 14.0. The van der Waals surface area contributed by atoms with Crippen molar-refractivity contribution in [2.75, 3.05) is 25.5 Å². The molecule has 1 saturated heterocycles. The van der Waals surface area contributed by atoms with Crippen molar-refractivity contribution in [1.29, 1.82) is 0 Å². The SMILES string of the molecule is COc1cccc(NC(N)=NCc2ccc(S(=O)(=O)N3CCCCC3)cc2)c1.I. The first-order valence-corrected chi connectivity index (χ1v) is 10.7. The molecular weight excluding hydrogens is 503 g/mol. The molecule has 3 rings (SSSR count). The third-order valence-corrected chi connectivity index (χ3v) is 6.56. The van der Waals surface area contributed by atoms with Crippen LogP contribution >= 0.6 is 24.0 Å². The summed E-state index contributed by atoms with van der Waals surface area (Å²) in [5, 5.41) is 3.01. The molecular formula is C20H27IN4O3S. The topological polar surface area (TPSA) is 97.0 Å². The van der Waals surface area contributed by atoms with E-state index in [1.807, 2.05) is 24.3 Å². The minimum Gasteiger partial charge on any atom is -0.497 e. The molecule has 1 aliphatic rings. The number of ether oxygens (including phenoxy) is 1. The molecule has 0 atom stereocenters. The lowest BCUT2D eigenvalue weighted by molar-refractivity contribution is 0.346. The second kappa shape index (κ2) is 10.8. The Morgan fingerprint density at radius 3 is 2.48 bits per heavy atom. The monoisotopic (exact) mass is 530 g/mol. The number of guanidine groups is 1. The van der Waals surface area contributed by atoms with Crippen molar-refractivity contribution < 1.29 is 13.2 Å². The van der Waals surface area contributed by atoms with Crippen LogP contribution in [0.5, 0.6) is 5.75 Å². The van der Waals surface area contributed by atoms with E-state index in [2.05, 4.69) is 10.3 Å². The molecule has 0 radical (unpaired) electrons. The van der Waals surface area contributed by atoms with Gasteiger partial charge >= 0.3 is 0 Å². The fraction of sp³-hybridized carbons (Fsp3) is 0.350. The highest BCUT2D eigenvalue weighted by Gasteiger charge is 2.25. The second-order valence-electron chi connectivity index (χ2n) is 6.67. The number of rotatable bonds is 6. The fourth-order valence-corrected chi connectivity index (χ4v) is 4.60.